The van der Waals surface area contributed by atoms with Crippen LogP contribution in [0.1, 0.15) is 118 Å². The first kappa shape index (κ1) is 57.9. The third-order valence-electron chi connectivity index (χ3n) is 17.3. The fourth-order valence-electron chi connectivity index (χ4n) is 12.8. The van der Waals surface area contributed by atoms with Crippen LogP contribution in [0.5, 0.6) is 0 Å². The maximum Gasteiger partial charge on any atom is 0.329 e. The number of hydrogen-bond donors (Lipinski definition) is 3. The number of hydrogen-bond acceptors (Lipinski definition) is 15. The number of ether oxygens (including phenoxy) is 5. The number of Topliss-reactive ketones (excluding diaryl/α,β-unsaturated/α-hetero) is 3. The lowest BCUT2D eigenvalue weighted by molar-refractivity contribution is -0.266. The van der Waals surface area contributed by atoms with E-state index in [1.165, 1.54) is 12.0 Å². The highest BCUT2D eigenvalue weighted by atomic mass is 35.5. The number of rotatable bonds is 6. The van der Waals surface area contributed by atoms with Gasteiger partial charge in [-0.05, 0) is 137 Å². The Kier molecular flexibility index (Phi) is 19.3. The summed E-state index contributed by atoms with van der Waals surface area (Å²) in [4.78, 5) is 80.2. The first-order valence-electron chi connectivity index (χ1n) is 26.8. The zero-order valence-corrected chi connectivity index (χ0v) is 45.7. The Hall–Kier alpha value is -3.84. The molecule has 1 saturated carbocycles. The van der Waals surface area contributed by atoms with Crippen LogP contribution in [-0.2, 0) is 52.5 Å². The minimum atomic E-state index is -2.49. The van der Waals surface area contributed by atoms with Gasteiger partial charge < -0.3 is 43.9 Å². The van der Waals surface area contributed by atoms with Crippen LogP contribution < -0.4 is 5.06 Å². The summed E-state index contributed by atoms with van der Waals surface area (Å²) in [6.45, 7) is 12.8. The van der Waals surface area contributed by atoms with Crippen LogP contribution in [0, 0.1) is 48.3 Å². The van der Waals surface area contributed by atoms with Crippen molar-refractivity contribution in [3.8, 4) is 0 Å². The molecule has 1 aromatic rings. The largest absolute Gasteiger partial charge is 0.460 e. The Balaban J connectivity index is 1.24. The molecule has 1 amide bonds. The molecule has 8 aliphatic heterocycles. The van der Waals surface area contributed by atoms with Gasteiger partial charge in [-0.25, -0.2) is 9.86 Å². The van der Waals surface area contributed by atoms with Crippen LogP contribution in [0.3, 0.4) is 0 Å². The summed E-state index contributed by atoms with van der Waals surface area (Å²) in [6, 6.07) is 4.15. The number of piperidine rings is 1. The van der Waals surface area contributed by atoms with Crippen molar-refractivity contribution in [1.29, 1.82) is 0 Å². The molecule has 9 aliphatic rings. The highest BCUT2D eigenvalue weighted by Crippen LogP contribution is 2.46. The molecule has 1 aliphatic carbocycles. The molecular formula is C57H81ClN2O14. The van der Waals surface area contributed by atoms with Crippen LogP contribution in [0.25, 0.3) is 0 Å². The quantitative estimate of drug-likeness (QED) is 0.149. The number of hydroxylamine groups is 1. The van der Waals surface area contributed by atoms with Crippen molar-refractivity contribution in [3.05, 3.63) is 64.2 Å². The molecule has 410 valence electrons. The van der Waals surface area contributed by atoms with E-state index in [-0.39, 0.29) is 48.8 Å². The Bertz CT molecular complexity index is 2300. The van der Waals surface area contributed by atoms with Crippen LogP contribution in [0.2, 0.25) is 5.02 Å². The fourth-order valence-corrected chi connectivity index (χ4v) is 12.9. The normalized spacial score (nSPS) is 40.9. The number of benzene rings is 1. The van der Waals surface area contributed by atoms with E-state index >= 15 is 0 Å². The van der Waals surface area contributed by atoms with Gasteiger partial charge in [0.25, 0.3) is 11.7 Å². The molecule has 1 aromatic carbocycles. The third-order valence-corrected chi connectivity index (χ3v) is 17.7. The number of allylic oxidation sites excluding steroid dienone is 1. The first-order chi connectivity index (χ1) is 35.1. The predicted molar refractivity (Wildman–Crippen MR) is 277 cm³/mol. The van der Waals surface area contributed by atoms with Crippen molar-refractivity contribution in [1.82, 2.24) is 4.90 Å². The maximum absolute atomic E-state index is 14.7. The second kappa shape index (κ2) is 24.7. The number of amides is 1. The highest BCUT2D eigenvalue weighted by molar-refractivity contribution is 6.39. The Morgan fingerprint density at radius 1 is 0.851 bits per heavy atom. The van der Waals surface area contributed by atoms with Gasteiger partial charge >= 0.3 is 5.97 Å². The number of nitrogens with zero attached hydrogens (tertiary/aromatic N) is 2. The van der Waals surface area contributed by atoms with Crippen LogP contribution in [-0.4, -0.2) is 144 Å². The van der Waals surface area contributed by atoms with Gasteiger partial charge in [-0.1, -0.05) is 57.5 Å². The summed E-state index contributed by atoms with van der Waals surface area (Å²) >= 11 is 6.48. The summed E-state index contributed by atoms with van der Waals surface area (Å²) in [6.07, 6.45) is 5.83. The van der Waals surface area contributed by atoms with Crippen LogP contribution in [0.4, 0.5) is 5.69 Å². The number of aryl methyl sites for hydroxylation is 1. The summed E-state index contributed by atoms with van der Waals surface area (Å²) in [7, 11) is 4.51. The van der Waals surface area contributed by atoms with Crippen molar-refractivity contribution < 1.29 is 67.8 Å². The number of ketones is 3. The van der Waals surface area contributed by atoms with Gasteiger partial charge in [-0.2, -0.15) is 0 Å². The molecule has 10 rings (SSSR count). The number of methoxy groups -OCH3 is 3. The van der Waals surface area contributed by atoms with Crippen molar-refractivity contribution in [2.24, 2.45) is 41.4 Å². The average Bonchev–Trinajstić information content (AvgIpc) is 3.37. The van der Waals surface area contributed by atoms with E-state index < -0.39 is 108 Å². The summed E-state index contributed by atoms with van der Waals surface area (Å²) in [5, 5.41) is 37.1. The second-order valence-electron chi connectivity index (χ2n) is 22.5. The van der Waals surface area contributed by atoms with Crippen molar-refractivity contribution in [2.45, 2.75) is 186 Å². The number of esters is 1. The van der Waals surface area contributed by atoms with E-state index in [1.807, 2.05) is 63.1 Å². The lowest BCUT2D eigenvalue weighted by Crippen LogP contribution is -2.65. The molecule has 4 fully saturated rings. The monoisotopic (exact) mass is 1050 g/mol. The van der Waals surface area contributed by atoms with Gasteiger partial charge in [0.1, 0.15) is 36.2 Å². The summed E-state index contributed by atoms with van der Waals surface area (Å²) < 4.78 is 29.9. The van der Waals surface area contributed by atoms with Gasteiger partial charge in [-0.15, -0.1) is 0 Å². The fraction of sp³-hybridized carbons (Fsp3) is 0.702. The molecule has 8 heterocycles. The smallest absolute Gasteiger partial charge is 0.329 e. The molecule has 0 spiro atoms. The van der Waals surface area contributed by atoms with Gasteiger partial charge in [-0.3, -0.25) is 24.0 Å². The standard InChI is InChI=1S/C57H81ClN2O14/c1-30-24-38(15-18-43(30)58)60-44-19-17-40(74-60)25-33(4)47(69-8)28-39-16-13-36(7)57(68,73-39)54(65)55(66)59-21-11-12-41-42(26-37-14-20-45(61)49(27-37)70-9)48(72-56(67)50(41)59)29-46(62)32(3)23-35(6)52(64)53(71-10)51(63)34(5)22-31(44)2/h15,17-19,23-25,31-32,34,36-37,39-42,44-45,47-50,52-53,61,64,68H,11-14,16,20-22,26-29H2,1-10H3/b33-25+,35-23+/t31-,32+,34+,36+,37-,39-,40?,41?,42-,44?,45+,47-,48-,49+,50-,52+,53-,57+/m0/s1. The summed E-state index contributed by atoms with van der Waals surface area (Å²) in [5.74, 6) is -9.08. The van der Waals surface area contributed by atoms with Crippen molar-refractivity contribution in [3.63, 3.8) is 0 Å². The Morgan fingerprint density at radius 3 is 2.28 bits per heavy atom. The van der Waals surface area contributed by atoms with Crippen molar-refractivity contribution >= 4 is 46.5 Å². The van der Waals surface area contributed by atoms with E-state index in [4.69, 9.17) is 40.1 Å². The number of halogens is 1. The van der Waals surface area contributed by atoms with Gasteiger partial charge in [0.2, 0.25) is 5.79 Å². The molecule has 3 N–H and O–H groups in total. The van der Waals surface area contributed by atoms with E-state index in [1.54, 1.807) is 41.1 Å². The Labute approximate surface area is 442 Å². The van der Waals surface area contributed by atoms with Crippen molar-refractivity contribution in [2.75, 3.05) is 32.9 Å². The number of anilines is 1. The first-order valence-corrected chi connectivity index (χ1v) is 27.2. The molecular weight excluding hydrogens is 972 g/mol. The number of carbonyl (C=O) groups excluding carboxylic acids is 5. The topological polar surface area (TPSA) is 208 Å². The lowest BCUT2D eigenvalue weighted by atomic mass is 9.68. The zero-order valence-electron chi connectivity index (χ0n) is 44.9. The highest BCUT2D eigenvalue weighted by Gasteiger charge is 2.57. The number of carbonyl (C=O) groups is 5. The molecule has 74 heavy (non-hydrogen) atoms. The summed E-state index contributed by atoms with van der Waals surface area (Å²) in [5.41, 5.74) is 2.77. The minimum absolute atomic E-state index is 0.0345. The van der Waals surface area contributed by atoms with Crippen LogP contribution >= 0.6 is 11.6 Å². The SMILES string of the molecule is CO[C@H]1C[C@@H]2CC[C@@H](C)[C@@](O)(O2)C(=O)C(=O)N2CCCC3[C@H]2C(=O)O[C@@H](CC(=O)[C@H](C)/C=C(\C)[C@@H](O)[C@@H](OC)C(=O)[C@H](C)C[C@H](C)C2C=CC(/C=C/1C)ON2c1ccc(Cl)c(C)c1)[C@H]3C[C@@H]1CC[C@@H](O)[C@H](OC)C1. The predicted octanol–water partition coefficient (Wildman–Crippen LogP) is 7.00. The molecule has 8 bridgehead atoms. The molecule has 3 unspecified atom stereocenters. The molecule has 17 heteroatoms. The molecule has 18 atom stereocenters. The number of aliphatic hydroxyl groups excluding tert-OH is 2. The van der Waals surface area contributed by atoms with Gasteiger partial charge in [0.05, 0.1) is 36.1 Å². The molecule has 3 saturated heterocycles. The van der Waals surface area contributed by atoms with E-state index in [0.29, 0.717) is 68.4 Å². The number of aliphatic hydroxyl groups is 3. The second-order valence-corrected chi connectivity index (χ2v) is 22.9. The molecule has 0 aromatic heterocycles. The van der Waals surface area contributed by atoms with E-state index in [0.717, 1.165) is 16.8 Å². The van der Waals surface area contributed by atoms with Gasteiger partial charge in [0, 0.05) is 69.4 Å². The molecule has 0 radical (unpaired) electrons. The van der Waals surface area contributed by atoms with Crippen LogP contribution in [0.15, 0.2) is 53.6 Å². The van der Waals surface area contributed by atoms with Gasteiger partial charge in [0.15, 0.2) is 5.78 Å². The maximum atomic E-state index is 14.7. The zero-order chi connectivity index (χ0) is 53.9. The third kappa shape index (κ3) is 12.4. The molecule has 16 nitrogen and oxygen atoms in total. The lowest BCUT2D eigenvalue weighted by Gasteiger charge is -2.50. The van der Waals surface area contributed by atoms with E-state index in [2.05, 4.69) is 6.08 Å². The Morgan fingerprint density at radius 2 is 1.59 bits per heavy atom. The minimum Gasteiger partial charge on any atom is -0.460 e. The van der Waals surface area contributed by atoms with E-state index in [9.17, 15) is 39.3 Å². The average molecular weight is 1050 g/mol.